The van der Waals surface area contributed by atoms with E-state index in [1.165, 1.54) is 61.9 Å². The highest BCUT2D eigenvalue weighted by atomic mass is 15.1. The molecule has 0 saturated carbocycles. The normalized spacial score (nSPS) is 15.9. The Hall–Kier alpha value is -1.02. The fourth-order valence-electron chi connectivity index (χ4n) is 3.31. The smallest absolute Gasteiger partial charge is 0.0396 e. The minimum Gasteiger partial charge on any atom is -0.374 e. The van der Waals surface area contributed by atoms with Gasteiger partial charge in [0, 0.05) is 25.8 Å². The lowest BCUT2D eigenvalue weighted by Gasteiger charge is -2.28. The van der Waals surface area contributed by atoms with E-state index in [4.69, 9.17) is 0 Å². The van der Waals surface area contributed by atoms with Gasteiger partial charge >= 0.3 is 0 Å². The minimum absolute atomic E-state index is 0.841. The summed E-state index contributed by atoms with van der Waals surface area (Å²) in [6.45, 7) is 7.97. The van der Waals surface area contributed by atoms with Gasteiger partial charge in [-0.25, -0.2) is 0 Å². The molecule has 0 aliphatic carbocycles. The number of nitrogens with zero attached hydrogens (tertiary/aromatic N) is 1. The van der Waals surface area contributed by atoms with Crippen molar-refractivity contribution in [2.24, 2.45) is 5.92 Å². The maximum atomic E-state index is 3.67. The highest BCUT2D eigenvalue weighted by Crippen LogP contribution is 2.26. The lowest BCUT2D eigenvalue weighted by molar-refractivity contribution is 0.419. The van der Waals surface area contributed by atoms with Crippen LogP contribution < -0.4 is 10.2 Å². The van der Waals surface area contributed by atoms with Crippen LogP contribution in [0.3, 0.4) is 0 Å². The van der Waals surface area contributed by atoms with E-state index in [0.717, 1.165) is 19.0 Å². The van der Waals surface area contributed by atoms with Crippen LogP contribution >= 0.6 is 0 Å². The fourth-order valence-corrected chi connectivity index (χ4v) is 3.31. The van der Waals surface area contributed by atoms with Crippen molar-refractivity contribution in [3.63, 3.8) is 0 Å². The van der Waals surface area contributed by atoms with Crippen molar-refractivity contribution in [2.75, 3.05) is 25.0 Å². The average Bonchev–Trinajstić information content (AvgIpc) is 2.51. The molecule has 21 heavy (non-hydrogen) atoms. The third-order valence-corrected chi connectivity index (χ3v) is 4.80. The maximum absolute atomic E-state index is 3.67. The van der Waals surface area contributed by atoms with Gasteiger partial charge in [-0.2, -0.15) is 0 Å². The van der Waals surface area contributed by atoms with E-state index in [1.54, 1.807) is 0 Å². The van der Waals surface area contributed by atoms with Crippen molar-refractivity contribution in [1.82, 2.24) is 5.32 Å². The Labute approximate surface area is 130 Å². The zero-order chi connectivity index (χ0) is 15.1. The Morgan fingerprint density at radius 3 is 2.90 bits per heavy atom. The molecule has 2 nitrogen and oxygen atoms in total. The quantitative estimate of drug-likeness (QED) is 0.764. The molecule has 0 radical (unpaired) electrons. The summed E-state index contributed by atoms with van der Waals surface area (Å²) in [6.07, 6.45) is 7.87. The number of fused-ring (bicyclic) bond motifs is 1. The largest absolute Gasteiger partial charge is 0.374 e. The minimum atomic E-state index is 0.841. The summed E-state index contributed by atoms with van der Waals surface area (Å²) >= 11 is 0. The Bertz CT molecular complexity index is 428. The molecule has 1 aliphatic heterocycles. The van der Waals surface area contributed by atoms with Gasteiger partial charge in [-0.05, 0) is 48.9 Å². The summed E-state index contributed by atoms with van der Waals surface area (Å²) < 4.78 is 0. The third kappa shape index (κ3) is 4.74. The van der Waals surface area contributed by atoms with Crippen LogP contribution in [-0.4, -0.2) is 20.1 Å². The van der Waals surface area contributed by atoms with E-state index in [0.29, 0.717) is 0 Å². The number of nitrogens with one attached hydrogen (secondary N) is 1. The molecule has 2 rings (SSSR count). The van der Waals surface area contributed by atoms with E-state index in [9.17, 15) is 0 Å². The summed E-state index contributed by atoms with van der Waals surface area (Å²) in [6, 6.07) is 7.01. The van der Waals surface area contributed by atoms with E-state index in [2.05, 4.69) is 49.3 Å². The van der Waals surface area contributed by atoms with Gasteiger partial charge < -0.3 is 10.2 Å². The zero-order valence-electron chi connectivity index (χ0n) is 14.1. The summed E-state index contributed by atoms with van der Waals surface area (Å²) in [5, 5.41) is 3.67. The van der Waals surface area contributed by atoms with Crippen LogP contribution in [0.1, 0.15) is 57.1 Å². The van der Waals surface area contributed by atoms with Gasteiger partial charge in [-0.15, -0.1) is 0 Å². The molecule has 0 bridgehead atoms. The molecule has 1 aromatic carbocycles. The third-order valence-electron chi connectivity index (χ3n) is 4.80. The van der Waals surface area contributed by atoms with Crippen molar-refractivity contribution < 1.29 is 0 Å². The average molecular weight is 288 g/mol. The van der Waals surface area contributed by atoms with Gasteiger partial charge in [0.15, 0.2) is 0 Å². The first kappa shape index (κ1) is 16.4. The van der Waals surface area contributed by atoms with E-state index in [1.807, 2.05) is 0 Å². The molecule has 1 aliphatic rings. The summed E-state index contributed by atoms with van der Waals surface area (Å²) in [5.41, 5.74) is 4.40. The lowest BCUT2D eigenvalue weighted by Crippen LogP contribution is -2.25. The summed E-state index contributed by atoms with van der Waals surface area (Å²) in [4.78, 5) is 2.38. The molecule has 2 heteroatoms. The van der Waals surface area contributed by atoms with Crippen molar-refractivity contribution in [3.05, 3.63) is 29.3 Å². The van der Waals surface area contributed by atoms with E-state index >= 15 is 0 Å². The molecular weight excluding hydrogens is 256 g/mol. The summed E-state index contributed by atoms with van der Waals surface area (Å²) in [7, 11) is 2.20. The van der Waals surface area contributed by atoms with Gasteiger partial charge in [0.2, 0.25) is 0 Å². The molecule has 1 atom stereocenters. The number of hydrogen-bond donors (Lipinski definition) is 1. The number of anilines is 1. The number of rotatable bonds is 8. The Kier molecular flexibility index (Phi) is 6.56. The van der Waals surface area contributed by atoms with Gasteiger partial charge in [0.05, 0.1) is 0 Å². The molecular formula is C19H32N2. The maximum Gasteiger partial charge on any atom is 0.0396 e. The van der Waals surface area contributed by atoms with Crippen molar-refractivity contribution in [3.8, 4) is 0 Å². The first-order chi connectivity index (χ1) is 10.2. The van der Waals surface area contributed by atoms with Gasteiger partial charge in [-0.3, -0.25) is 0 Å². The molecule has 1 aromatic rings. The van der Waals surface area contributed by atoms with Crippen LogP contribution in [0.4, 0.5) is 5.69 Å². The van der Waals surface area contributed by atoms with Crippen molar-refractivity contribution >= 4 is 5.69 Å². The molecule has 1 unspecified atom stereocenters. The SMILES string of the molecule is CCCCC(CC)CNCc1ccc2c(c1)CCCN2C. The Balaban J connectivity index is 1.83. The van der Waals surface area contributed by atoms with Crippen LogP contribution in [-0.2, 0) is 13.0 Å². The van der Waals surface area contributed by atoms with Gasteiger partial charge in [0.1, 0.15) is 0 Å². The highest BCUT2D eigenvalue weighted by molar-refractivity contribution is 5.56. The fraction of sp³-hybridized carbons (Fsp3) is 0.684. The van der Waals surface area contributed by atoms with Crippen molar-refractivity contribution in [1.29, 1.82) is 0 Å². The second-order valence-electron chi connectivity index (χ2n) is 6.54. The topological polar surface area (TPSA) is 15.3 Å². The molecule has 1 N–H and O–H groups in total. The summed E-state index contributed by atoms with van der Waals surface area (Å²) in [5.74, 6) is 0.841. The monoisotopic (exact) mass is 288 g/mol. The predicted octanol–water partition coefficient (Wildman–Crippen LogP) is 4.38. The van der Waals surface area contributed by atoms with E-state index < -0.39 is 0 Å². The van der Waals surface area contributed by atoms with Crippen LogP contribution in [0.5, 0.6) is 0 Å². The number of aryl methyl sites for hydroxylation is 1. The lowest BCUT2D eigenvalue weighted by atomic mass is 9.98. The van der Waals surface area contributed by atoms with Crippen molar-refractivity contribution in [2.45, 2.75) is 58.9 Å². The molecule has 0 fully saturated rings. The first-order valence-corrected chi connectivity index (χ1v) is 8.78. The molecule has 1 heterocycles. The van der Waals surface area contributed by atoms with Gasteiger partial charge in [0.25, 0.3) is 0 Å². The Morgan fingerprint density at radius 2 is 2.14 bits per heavy atom. The molecule has 0 spiro atoms. The van der Waals surface area contributed by atoms with Gasteiger partial charge in [-0.1, -0.05) is 45.2 Å². The second-order valence-corrected chi connectivity index (χ2v) is 6.54. The van der Waals surface area contributed by atoms with Crippen LogP contribution in [0.25, 0.3) is 0 Å². The highest BCUT2D eigenvalue weighted by Gasteiger charge is 2.13. The molecule has 0 aromatic heterocycles. The van der Waals surface area contributed by atoms with Crippen LogP contribution in [0.15, 0.2) is 18.2 Å². The number of unbranched alkanes of at least 4 members (excludes halogenated alkanes) is 1. The number of hydrogen-bond acceptors (Lipinski definition) is 2. The number of benzene rings is 1. The molecule has 0 amide bonds. The van der Waals surface area contributed by atoms with E-state index in [-0.39, 0.29) is 0 Å². The van der Waals surface area contributed by atoms with Crippen LogP contribution in [0.2, 0.25) is 0 Å². The predicted molar refractivity (Wildman–Crippen MR) is 93.0 cm³/mol. The Morgan fingerprint density at radius 1 is 1.29 bits per heavy atom. The standard InChI is InChI=1S/C19H32N2/c1-4-6-8-16(5-2)14-20-15-17-10-11-19-18(13-17)9-7-12-21(19)3/h10-11,13,16,20H,4-9,12,14-15H2,1-3H3. The zero-order valence-corrected chi connectivity index (χ0v) is 14.1. The van der Waals surface area contributed by atoms with Crippen LogP contribution in [0, 0.1) is 5.92 Å². The second kappa shape index (κ2) is 8.43. The molecule has 118 valence electrons. The molecule has 0 saturated heterocycles. The first-order valence-electron chi connectivity index (χ1n) is 8.78.